The summed E-state index contributed by atoms with van der Waals surface area (Å²) in [5, 5.41) is 0. The Labute approximate surface area is 119 Å². The van der Waals surface area contributed by atoms with Crippen LogP contribution in [0, 0.1) is 5.82 Å². The Kier molecular flexibility index (Phi) is 3.58. The Bertz CT molecular complexity index is 631. The third-order valence-corrected chi connectivity index (χ3v) is 4.17. The molecule has 2 N–H and O–H groups in total. The molecule has 2 aromatic carbocycles. The summed E-state index contributed by atoms with van der Waals surface area (Å²) in [6.07, 6.45) is 4.82. The minimum atomic E-state index is -0.206. The van der Waals surface area contributed by atoms with Gasteiger partial charge in [-0.3, -0.25) is 0 Å². The van der Waals surface area contributed by atoms with Gasteiger partial charge in [-0.2, -0.15) is 0 Å². The van der Waals surface area contributed by atoms with Gasteiger partial charge in [-0.25, -0.2) is 4.39 Å². The summed E-state index contributed by atoms with van der Waals surface area (Å²) in [6, 6.07) is 11.3. The second-order valence-electron chi connectivity index (χ2n) is 5.71. The highest BCUT2D eigenvalue weighted by atomic mass is 19.1. The van der Waals surface area contributed by atoms with E-state index in [1.165, 1.54) is 36.5 Å². The summed E-state index contributed by atoms with van der Waals surface area (Å²) in [4.78, 5) is 0. The fourth-order valence-electron chi connectivity index (χ4n) is 3.08. The van der Waals surface area contributed by atoms with Crippen LogP contribution >= 0.6 is 0 Å². The Morgan fingerprint density at radius 3 is 2.50 bits per heavy atom. The summed E-state index contributed by atoms with van der Waals surface area (Å²) < 4.78 is 13.6. The van der Waals surface area contributed by atoms with E-state index in [2.05, 4.69) is 18.2 Å². The number of nitrogens with two attached hydrogens (primary N) is 1. The van der Waals surface area contributed by atoms with E-state index in [1.54, 1.807) is 12.1 Å². The molecule has 1 unspecified atom stereocenters. The van der Waals surface area contributed by atoms with Gasteiger partial charge >= 0.3 is 0 Å². The van der Waals surface area contributed by atoms with Gasteiger partial charge in [-0.15, -0.1) is 0 Å². The summed E-state index contributed by atoms with van der Waals surface area (Å²) >= 11 is 0. The number of aryl methyl sites for hydroxylation is 2. The fourth-order valence-corrected chi connectivity index (χ4v) is 3.08. The molecule has 2 aromatic rings. The maximum absolute atomic E-state index is 13.6. The lowest BCUT2D eigenvalue weighted by Crippen LogP contribution is -2.07. The highest BCUT2D eigenvalue weighted by Gasteiger charge is 2.14. The van der Waals surface area contributed by atoms with Gasteiger partial charge in [-0.1, -0.05) is 24.3 Å². The van der Waals surface area contributed by atoms with Crippen LogP contribution in [0.3, 0.4) is 0 Å². The SMILES string of the molecule is CC(N)c1ccc(F)cc1-c1ccc2c(c1)CCCC2. The minimum absolute atomic E-state index is 0.0957. The number of fused-ring (bicyclic) bond motifs is 1. The van der Waals surface area contributed by atoms with Gasteiger partial charge < -0.3 is 5.73 Å². The summed E-state index contributed by atoms with van der Waals surface area (Å²) in [5.41, 5.74) is 11.9. The molecule has 0 saturated heterocycles. The van der Waals surface area contributed by atoms with E-state index in [0.29, 0.717) is 0 Å². The summed E-state index contributed by atoms with van der Waals surface area (Å²) in [7, 11) is 0. The fraction of sp³-hybridized carbons (Fsp3) is 0.333. The first-order chi connectivity index (χ1) is 9.65. The van der Waals surface area contributed by atoms with Crippen molar-refractivity contribution >= 4 is 0 Å². The van der Waals surface area contributed by atoms with E-state index in [-0.39, 0.29) is 11.9 Å². The highest BCUT2D eigenvalue weighted by Crippen LogP contribution is 2.31. The number of rotatable bonds is 2. The van der Waals surface area contributed by atoms with Gasteiger partial charge in [-0.05, 0) is 72.6 Å². The lowest BCUT2D eigenvalue weighted by atomic mass is 9.87. The average Bonchev–Trinajstić information content (AvgIpc) is 2.46. The molecule has 0 aliphatic heterocycles. The van der Waals surface area contributed by atoms with E-state index in [1.807, 2.05) is 6.92 Å². The molecule has 3 rings (SSSR count). The molecule has 1 aliphatic carbocycles. The first-order valence-corrected chi connectivity index (χ1v) is 7.32. The maximum Gasteiger partial charge on any atom is 0.123 e. The molecule has 0 bridgehead atoms. The van der Waals surface area contributed by atoms with Crippen LogP contribution in [0.4, 0.5) is 4.39 Å². The van der Waals surface area contributed by atoms with Crippen LogP contribution in [0.2, 0.25) is 0 Å². The molecule has 1 aliphatic rings. The van der Waals surface area contributed by atoms with Crippen molar-refractivity contribution in [3.8, 4) is 11.1 Å². The van der Waals surface area contributed by atoms with Gasteiger partial charge in [0.25, 0.3) is 0 Å². The molecule has 0 heterocycles. The molecule has 1 atom stereocenters. The Balaban J connectivity index is 2.10. The van der Waals surface area contributed by atoms with Crippen LogP contribution in [-0.4, -0.2) is 0 Å². The third-order valence-electron chi connectivity index (χ3n) is 4.17. The van der Waals surface area contributed by atoms with Crippen molar-refractivity contribution in [3.05, 3.63) is 58.9 Å². The Morgan fingerprint density at radius 2 is 1.75 bits per heavy atom. The number of hydrogen-bond donors (Lipinski definition) is 1. The van der Waals surface area contributed by atoms with Gasteiger partial charge in [0.1, 0.15) is 5.82 Å². The normalized spacial score (nSPS) is 15.8. The maximum atomic E-state index is 13.6. The van der Waals surface area contributed by atoms with Crippen LogP contribution < -0.4 is 5.73 Å². The molecule has 20 heavy (non-hydrogen) atoms. The first kappa shape index (κ1) is 13.3. The number of halogens is 1. The highest BCUT2D eigenvalue weighted by molar-refractivity contribution is 5.69. The van der Waals surface area contributed by atoms with E-state index in [4.69, 9.17) is 5.73 Å². The second kappa shape index (κ2) is 5.37. The van der Waals surface area contributed by atoms with Crippen molar-refractivity contribution in [1.29, 1.82) is 0 Å². The minimum Gasteiger partial charge on any atom is -0.324 e. The topological polar surface area (TPSA) is 26.0 Å². The van der Waals surface area contributed by atoms with Gasteiger partial charge in [0.05, 0.1) is 0 Å². The van der Waals surface area contributed by atoms with Crippen LogP contribution in [0.25, 0.3) is 11.1 Å². The molecule has 1 nitrogen and oxygen atoms in total. The lowest BCUT2D eigenvalue weighted by molar-refractivity contribution is 0.626. The largest absolute Gasteiger partial charge is 0.324 e. The summed E-state index contributed by atoms with van der Waals surface area (Å²) in [6.45, 7) is 1.94. The van der Waals surface area contributed by atoms with E-state index >= 15 is 0 Å². The van der Waals surface area contributed by atoms with Crippen LogP contribution in [0.15, 0.2) is 36.4 Å². The van der Waals surface area contributed by atoms with E-state index in [9.17, 15) is 4.39 Å². The van der Waals surface area contributed by atoms with Crippen LogP contribution in [-0.2, 0) is 12.8 Å². The Morgan fingerprint density at radius 1 is 1.00 bits per heavy atom. The Hall–Kier alpha value is -1.67. The first-order valence-electron chi connectivity index (χ1n) is 7.32. The van der Waals surface area contributed by atoms with E-state index < -0.39 is 0 Å². The van der Waals surface area contributed by atoms with Crippen molar-refractivity contribution in [2.24, 2.45) is 5.73 Å². The lowest BCUT2D eigenvalue weighted by Gasteiger charge is -2.18. The van der Waals surface area contributed by atoms with Crippen molar-refractivity contribution in [2.75, 3.05) is 0 Å². The molecule has 0 saturated carbocycles. The van der Waals surface area contributed by atoms with Gasteiger partial charge in [0, 0.05) is 6.04 Å². The van der Waals surface area contributed by atoms with Gasteiger partial charge in [0.2, 0.25) is 0 Å². The second-order valence-corrected chi connectivity index (χ2v) is 5.71. The summed E-state index contributed by atoms with van der Waals surface area (Å²) in [5.74, 6) is -0.206. The van der Waals surface area contributed by atoms with Crippen molar-refractivity contribution in [3.63, 3.8) is 0 Å². The molecule has 2 heteroatoms. The molecule has 0 aromatic heterocycles. The molecule has 104 valence electrons. The third kappa shape index (κ3) is 2.48. The van der Waals surface area contributed by atoms with Crippen LogP contribution in [0.1, 0.15) is 42.5 Å². The van der Waals surface area contributed by atoms with Gasteiger partial charge in [0.15, 0.2) is 0 Å². The predicted octanol–water partition coefficient (Wildman–Crippen LogP) is 4.39. The van der Waals surface area contributed by atoms with Crippen LogP contribution in [0.5, 0.6) is 0 Å². The van der Waals surface area contributed by atoms with Crippen molar-refractivity contribution in [2.45, 2.75) is 38.6 Å². The molecule has 0 spiro atoms. The number of hydrogen-bond acceptors (Lipinski definition) is 1. The average molecular weight is 269 g/mol. The zero-order chi connectivity index (χ0) is 14.1. The molecule has 0 radical (unpaired) electrons. The zero-order valence-corrected chi connectivity index (χ0v) is 11.8. The molecule has 0 amide bonds. The predicted molar refractivity (Wildman–Crippen MR) is 81.1 cm³/mol. The standard InChI is InChI=1S/C18H20FN/c1-12(20)17-9-8-16(19)11-18(17)15-7-6-13-4-2-3-5-14(13)10-15/h6-12H,2-5,20H2,1H3. The monoisotopic (exact) mass is 269 g/mol. The molecular weight excluding hydrogens is 249 g/mol. The van der Waals surface area contributed by atoms with Crippen molar-refractivity contribution in [1.82, 2.24) is 0 Å². The quantitative estimate of drug-likeness (QED) is 0.859. The zero-order valence-electron chi connectivity index (χ0n) is 11.8. The van der Waals surface area contributed by atoms with E-state index in [0.717, 1.165) is 23.1 Å². The van der Waals surface area contributed by atoms with Crippen molar-refractivity contribution < 1.29 is 4.39 Å². The smallest absolute Gasteiger partial charge is 0.123 e. The number of benzene rings is 2. The molecular formula is C18H20FN. The molecule has 0 fully saturated rings.